The molecule has 0 radical (unpaired) electrons. The minimum absolute atomic E-state index is 0.228. The minimum Gasteiger partial charge on any atom is -0.495 e. The molecule has 1 aromatic heterocycles. The highest BCUT2D eigenvalue weighted by molar-refractivity contribution is 6.12. The Kier molecular flexibility index (Phi) is 11.9. The van der Waals surface area contributed by atoms with Gasteiger partial charge in [-0.05, 0) is 87.8 Å². The predicted molar refractivity (Wildman–Crippen MR) is 192 cm³/mol. The number of aryl methyl sites for hydroxylation is 1. The second-order valence-electron chi connectivity index (χ2n) is 12.5. The molecule has 1 aliphatic rings. The van der Waals surface area contributed by atoms with E-state index in [1.54, 1.807) is 42.3 Å². The molecule has 3 aromatic carbocycles. The number of hydrogen-bond donors (Lipinski definition) is 3. The molecule has 1 fully saturated rings. The first-order valence-corrected chi connectivity index (χ1v) is 16.8. The largest absolute Gasteiger partial charge is 0.495 e. The maximum Gasteiger partial charge on any atom is 0.258 e. The van der Waals surface area contributed by atoms with Crippen molar-refractivity contribution in [2.24, 2.45) is 5.73 Å². The van der Waals surface area contributed by atoms with Crippen molar-refractivity contribution < 1.29 is 23.9 Å². The summed E-state index contributed by atoms with van der Waals surface area (Å²) in [6.45, 7) is 6.35. The zero-order valence-corrected chi connectivity index (χ0v) is 28.9. The van der Waals surface area contributed by atoms with Crippen LogP contribution in [-0.4, -0.2) is 98.0 Å². The van der Waals surface area contributed by atoms with Gasteiger partial charge in [-0.15, -0.1) is 0 Å². The van der Waals surface area contributed by atoms with Crippen LogP contribution < -0.4 is 25.4 Å². The van der Waals surface area contributed by atoms with E-state index in [-0.39, 0.29) is 17.7 Å². The van der Waals surface area contributed by atoms with Gasteiger partial charge >= 0.3 is 0 Å². The predicted octanol–water partition coefficient (Wildman–Crippen LogP) is 4.62. The van der Waals surface area contributed by atoms with Crippen LogP contribution in [0.4, 0.5) is 11.4 Å². The zero-order valence-electron chi connectivity index (χ0n) is 28.9. The molecule has 1 saturated heterocycles. The van der Waals surface area contributed by atoms with Crippen molar-refractivity contribution in [2.45, 2.75) is 39.0 Å². The Morgan fingerprint density at radius 2 is 1.80 bits per heavy atom. The van der Waals surface area contributed by atoms with Crippen molar-refractivity contribution in [1.29, 1.82) is 0 Å². The highest BCUT2D eigenvalue weighted by atomic mass is 16.5. The summed E-state index contributed by atoms with van der Waals surface area (Å²) in [6.07, 6.45) is 3.63. The Labute approximate surface area is 287 Å². The van der Waals surface area contributed by atoms with E-state index in [0.29, 0.717) is 71.3 Å². The van der Waals surface area contributed by atoms with E-state index in [9.17, 15) is 14.4 Å². The third kappa shape index (κ3) is 8.76. The Morgan fingerprint density at radius 1 is 1.00 bits per heavy atom. The molecule has 3 amide bonds. The van der Waals surface area contributed by atoms with Gasteiger partial charge in [-0.2, -0.15) is 0 Å². The topological polar surface area (TPSA) is 146 Å². The number of H-pyrrole nitrogens is 1. The molecule has 0 bridgehead atoms. The maximum absolute atomic E-state index is 13.7. The van der Waals surface area contributed by atoms with Gasteiger partial charge in [0.25, 0.3) is 11.8 Å². The maximum atomic E-state index is 13.7. The van der Waals surface area contributed by atoms with Crippen molar-refractivity contribution in [1.82, 2.24) is 19.8 Å². The first-order chi connectivity index (χ1) is 23.7. The molecule has 5 rings (SSSR count). The van der Waals surface area contributed by atoms with Gasteiger partial charge in [0.05, 0.1) is 36.2 Å². The number of aromatic amines is 1. The van der Waals surface area contributed by atoms with Gasteiger partial charge in [0.1, 0.15) is 22.8 Å². The fraction of sp³-hybridized carbons (Fsp3) is 0.405. The van der Waals surface area contributed by atoms with Crippen molar-refractivity contribution >= 4 is 40.1 Å². The number of para-hydroxylation sites is 1. The first-order valence-electron chi connectivity index (χ1n) is 16.8. The molecule has 12 heteroatoms. The second kappa shape index (κ2) is 16.4. The molecule has 0 spiro atoms. The normalized spacial score (nSPS) is 13.4. The number of unbranched alkanes of at least 4 members (excludes halogenated alkanes) is 2. The number of rotatable bonds is 14. The zero-order chi connectivity index (χ0) is 34.9. The van der Waals surface area contributed by atoms with Crippen LogP contribution in [-0.2, 0) is 11.2 Å². The lowest BCUT2D eigenvalue weighted by Crippen LogP contribution is -2.47. The van der Waals surface area contributed by atoms with E-state index >= 15 is 0 Å². The fourth-order valence-electron chi connectivity index (χ4n) is 5.91. The molecule has 4 N–H and O–H groups in total. The van der Waals surface area contributed by atoms with E-state index in [0.717, 1.165) is 56.5 Å². The molecular formula is C37H47N7O5. The summed E-state index contributed by atoms with van der Waals surface area (Å²) >= 11 is 0. The average molecular weight is 670 g/mol. The molecular weight excluding hydrogens is 622 g/mol. The van der Waals surface area contributed by atoms with Gasteiger partial charge < -0.3 is 40.2 Å². The average Bonchev–Trinajstić information content (AvgIpc) is 3.52. The molecule has 0 atom stereocenters. The number of benzene rings is 3. The second-order valence-corrected chi connectivity index (χ2v) is 12.5. The molecule has 49 heavy (non-hydrogen) atoms. The Hall–Kier alpha value is -4.94. The minimum atomic E-state index is -0.353. The standard InChI is InChI=1S/C37H47N7O5/c1-25-12-15-30(32(23-25)49-22-7-5-6-11-34(45)44-20-18-42(2)19-21-44)43(3)37(47)26-13-14-28(31(24-26)48-4)40-36(46)27-9-8-10-29-35(27)41-33(39-29)16-17-38/h8-10,12-15,23-24H,5-7,11,16-22,38H2,1-4H3,(H,39,41)(H,40,46). The summed E-state index contributed by atoms with van der Waals surface area (Å²) in [5.41, 5.74) is 9.85. The van der Waals surface area contributed by atoms with Crippen molar-refractivity contribution in [3.05, 3.63) is 77.1 Å². The molecule has 4 aromatic rings. The lowest BCUT2D eigenvalue weighted by atomic mass is 10.1. The molecule has 2 heterocycles. The molecule has 1 aliphatic heterocycles. The van der Waals surface area contributed by atoms with E-state index in [1.807, 2.05) is 36.1 Å². The summed E-state index contributed by atoms with van der Waals surface area (Å²) in [4.78, 5) is 53.1. The number of fused-ring (bicyclic) bond motifs is 1. The number of aromatic nitrogens is 2. The van der Waals surface area contributed by atoms with Crippen LogP contribution in [0.15, 0.2) is 54.6 Å². The van der Waals surface area contributed by atoms with Crippen molar-refractivity contribution in [3.63, 3.8) is 0 Å². The highest BCUT2D eigenvalue weighted by Crippen LogP contribution is 2.32. The van der Waals surface area contributed by atoms with Crippen LogP contribution in [0.25, 0.3) is 11.0 Å². The van der Waals surface area contributed by atoms with E-state index in [4.69, 9.17) is 15.2 Å². The number of piperazine rings is 1. The number of nitrogens with one attached hydrogen (secondary N) is 2. The molecule has 0 unspecified atom stereocenters. The first kappa shape index (κ1) is 35.4. The van der Waals surface area contributed by atoms with Crippen LogP contribution in [0.3, 0.4) is 0 Å². The lowest BCUT2D eigenvalue weighted by Gasteiger charge is -2.32. The van der Waals surface area contributed by atoms with Crippen molar-refractivity contribution in [3.8, 4) is 11.5 Å². The quantitative estimate of drug-likeness (QED) is 0.165. The number of anilines is 2. The van der Waals surface area contributed by atoms with Crippen LogP contribution in [0, 0.1) is 6.92 Å². The number of amides is 3. The summed E-state index contributed by atoms with van der Waals surface area (Å²) < 4.78 is 11.8. The molecule has 12 nitrogen and oxygen atoms in total. The molecule has 260 valence electrons. The summed E-state index contributed by atoms with van der Waals surface area (Å²) in [6, 6.07) is 16.0. The number of nitrogens with zero attached hydrogens (tertiary/aromatic N) is 4. The van der Waals surface area contributed by atoms with E-state index in [1.165, 1.54) is 7.11 Å². The Bertz CT molecular complexity index is 1780. The van der Waals surface area contributed by atoms with Gasteiger partial charge in [-0.25, -0.2) is 4.98 Å². The number of ether oxygens (including phenoxy) is 2. The van der Waals surface area contributed by atoms with Gasteiger partial charge in [-0.1, -0.05) is 12.1 Å². The van der Waals surface area contributed by atoms with Gasteiger partial charge in [0.2, 0.25) is 5.91 Å². The number of imidazole rings is 1. The third-order valence-corrected chi connectivity index (χ3v) is 8.81. The van der Waals surface area contributed by atoms with Gasteiger partial charge in [-0.3, -0.25) is 14.4 Å². The molecule has 0 saturated carbocycles. The summed E-state index contributed by atoms with van der Waals surface area (Å²) in [5, 5.41) is 2.91. The van der Waals surface area contributed by atoms with Crippen LogP contribution in [0.1, 0.15) is 57.8 Å². The number of nitrogens with two attached hydrogens (primary N) is 1. The van der Waals surface area contributed by atoms with Crippen molar-refractivity contribution in [2.75, 3.05) is 70.8 Å². The monoisotopic (exact) mass is 669 g/mol. The SMILES string of the molecule is COc1cc(C(=O)N(C)c2ccc(C)cc2OCCCCCC(=O)N2CCN(C)CC2)ccc1NC(=O)c1cccc2[nH]c(CCN)nc12. The van der Waals surface area contributed by atoms with E-state index < -0.39 is 0 Å². The fourth-order valence-corrected chi connectivity index (χ4v) is 5.91. The Morgan fingerprint density at radius 3 is 2.55 bits per heavy atom. The number of likely N-dealkylation sites (N-methyl/N-ethyl adjacent to an activating group) is 1. The highest BCUT2D eigenvalue weighted by Gasteiger charge is 2.22. The molecule has 0 aliphatic carbocycles. The number of methoxy groups -OCH3 is 1. The van der Waals surface area contributed by atoms with Crippen LogP contribution >= 0.6 is 0 Å². The number of hydrogen-bond acceptors (Lipinski definition) is 8. The van der Waals surface area contributed by atoms with Crippen LogP contribution in [0.2, 0.25) is 0 Å². The number of carbonyl (C=O) groups excluding carboxylic acids is 3. The lowest BCUT2D eigenvalue weighted by molar-refractivity contribution is -0.132. The van der Waals surface area contributed by atoms with Gasteiger partial charge in [0, 0.05) is 51.6 Å². The van der Waals surface area contributed by atoms with Gasteiger partial charge in [0.15, 0.2) is 0 Å². The van der Waals surface area contributed by atoms with Crippen LogP contribution in [0.5, 0.6) is 11.5 Å². The Balaban J connectivity index is 1.19. The summed E-state index contributed by atoms with van der Waals surface area (Å²) in [7, 11) is 5.28. The summed E-state index contributed by atoms with van der Waals surface area (Å²) in [5.74, 6) is 1.29. The third-order valence-electron chi connectivity index (χ3n) is 8.81. The smallest absolute Gasteiger partial charge is 0.258 e. The number of carbonyl (C=O) groups is 3. The van der Waals surface area contributed by atoms with E-state index in [2.05, 4.69) is 27.2 Å².